The normalized spacial score (nSPS) is 43.0. The maximum atomic E-state index is 13.0. The summed E-state index contributed by atoms with van der Waals surface area (Å²) in [5, 5.41) is 8.73. The molecule has 8 unspecified atom stereocenters. The molecule has 4 fully saturated rings. The van der Waals surface area contributed by atoms with Gasteiger partial charge in [-0.25, -0.2) is 14.4 Å². The molecule has 1 N–H and O–H groups in total. The third-order valence-electron chi connectivity index (χ3n) is 9.15. The van der Waals surface area contributed by atoms with E-state index in [9.17, 15) is 14.4 Å². The molecule has 196 valence electrons. The molecule has 0 aromatic heterocycles. The second-order valence-corrected chi connectivity index (χ2v) is 11.0. The summed E-state index contributed by atoms with van der Waals surface area (Å²) in [4.78, 5) is 36.4. The molecule has 0 radical (unpaired) electrons. The molecule has 0 aromatic carbocycles. The van der Waals surface area contributed by atoms with Gasteiger partial charge in [-0.2, -0.15) is 0 Å². The minimum atomic E-state index is -1.10. The Morgan fingerprint density at radius 2 is 2.00 bits per heavy atom. The SMILES string of the molecule is CC1=CC2OC3CC(OC(=O)C=CC=CC(=O)O)C(C)(C2(COC(=O)C2OCCC2C)CC1)C31CO1. The molecule has 0 amide bonds. The van der Waals surface area contributed by atoms with Crippen LogP contribution in [0.1, 0.15) is 46.5 Å². The van der Waals surface area contributed by atoms with Gasteiger partial charge in [-0.05, 0) is 32.1 Å². The molecule has 1 saturated carbocycles. The Morgan fingerprint density at radius 1 is 1.25 bits per heavy atom. The number of carboxylic acid groups (broad SMARTS) is 1. The molecule has 2 bridgehead atoms. The molecule has 3 saturated heterocycles. The minimum Gasteiger partial charge on any atom is -0.478 e. The average Bonchev–Trinajstić information content (AvgIpc) is 3.49. The maximum absolute atomic E-state index is 13.0. The summed E-state index contributed by atoms with van der Waals surface area (Å²) in [6, 6.07) is 0. The Hall–Kier alpha value is -2.49. The predicted molar refractivity (Wildman–Crippen MR) is 126 cm³/mol. The number of fused-ring (bicyclic) bond motifs is 2. The van der Waals surface area contributed by atoms with Crippen molar-refractivity contribution >= 4 is 17.9 Å². The van der Waals surface area contributed by atoms with Gasteiger partial charge in [0.1, 0.15) is 18.3 Å². The number of aliphatic carboxylic acids is 1. The van der Waals surface area contributed by atoms with E-state index in [0.29, 0.717) is 26.1 Å². The van der Waals surface area contributed by atoms with Crippen LogP contribution >= 0.6 is 0 Å². The number of carbonyl (C=O) groups is 3. The molecule has 0 aromatic rings. The van der Waals surface area contributed by atoms with E-state index in [0.717, 1.165) is 18.9 Å². The van der Waals surface area contributed by atoms with Gasteiger partial charge in [0.2, 0.25) is 0 Å². The van der Waals surface area contributed by atoms with Crippen LogP contribution in [-0.4, -0.2) is 72.9 Å². The fraction of sp³-hybridized carbons (Fsp3) is 0.667. The maximum Gasteiger partial charge on any atom is 0.335 e. The Labute approximate surface area is 210 Å². The average molecular weight is 503 g/mol. The van der Waals surface area contributed by atoms with Crippen molar-refractivity contribution in [1.29, 1.82) is 0 Å². The molecule has 8 atom stereocenters. The fourth-order valence-electron chi connectivity index (χ4n) is 6.86. The summed E-state index contributed by atoms with van der Waals surface area (Å²) in [7, 11) is 0. The van der Waals surface area contributed by atoms with Crippen LogP contribution in [0.3, 0.4) is 0 Å². The van der Waals surface area contributed by atoms with E-state index in [2.05, 4.69) is 19.9 Å². The molecule has 5 rings (SSSR count). The molecule has 9 heteroatoms. The molecule has 1 spiro atoms. The van der Waals surface area contributed by atoms with E-state index in [-0.39, 0.29) is 30.7 Å². The summed E-state index contributed by atoms with van der Waals surface area (Å²) in [5.74, 6) is -1.94. The monoisotopic (exact) mass is 502 g/mol. The van der Waals surface area contributed by atoms with Gasteiger partial charge in [-0.15, -0.1) is 0 Å². The van der Waals surface area contributed by atoms with Crippen LogP contribution in [-0.2, 0) is 38.1 Å². The van der Waals surface area contributed by atoms with E-state index < -0.39 is 40.6 Å². The second-order valence-electron chi connectivity index (χ2n) is 11.0. The van der Waals surface area contributed by atoms with Crippen LogP contribution in [0.25, 0.3) is 0 Å². The zero-order chi connectivity index (χ0) is 25.7. The van der Waals surface area contributed by atoms with E-state index in [1.54, 1.807) is 0 Å². The van der Waals surface area contributed by atoms with E-state index in [1.165, 1.54) is 23.8 Å². The molecular formula is C27H34O9. The van der Waals surface area contributed by atoms with Crippen LogP contribution in [0, 0.1) is 16.7 Å². The van der Waals surface area contributed by atoms with Crippen molar-refractivity contribution < 1.29 is 43.2 Å². The molecule has 36 heavy (non-hydrogen) atoms. The number of rotatable bonds is 7. The molecule has 3 aliphatic heterocycles. The van der Waals surface area contributed by atoms with Crippen molar-refractivity contribution in [3.63, 3.8) is 0 Å². The lowest BCUT2D eigenvalue weighted by Crippen LogP contribution is -2.66. The number of hydrogen-bond acceptors (Lipinski definition) is 8. The lowest BCUT2D eigenvalue weighted by atomic mass is 9.51. The van der Waals surface area contributed by atoms with Gasteiger partial charge in [0.05, 0.1) is 24.2 Å². The Morgan fingerprint density at radius 3 is 2.67 bits per heavy atom. The summed E-state index contributed by atoms with van der Waals surface area (Å²) >= 11 is 0. The Balaban J connectivity index is 1.43. The first-order chi connectivity index (χ1) is 17.1. The number of esters is 2. The number of hydrogen-bond donors (Lipinski definition) is 1. The van der Waals surface area contributed by atoms with Gasteiger partial charge in [0, 0.05) is 30.6 Å². The van der Waals surface area contributed by atoms with Crippen molar-refractivity contribution in [1.82, 2.24) is 0 Å². The van der Waals surface area contributed by atoms with E-state index in [1.807, 2.05) is 6.92 Å². The zero-order valence-electron chi connectivity index (χ0n) is 20.9. The van der Waals surface area contributed by atoms with Gasteiger partial charge in [0.15, 0.2) is 6.10 Å². The first-order valence-corrected chi connectivity index (χ1v) is 12.7. The van der Waals surface area contributed by atoms with Crippen LogP contribution in [0.4, 0.5) is 0 Å². The number of allylic oxidation sites excluding steroid dienone is 3. The number of ether oxygens (including phenoxy) is 5. The van der Waals surface area contributed by atoms with E-state index >= 15 is 0 Å². The highest BCUT2D eigenvalue weighted by molar-refractivity contribution is 5.84. The highest BCUT2D eigenvalue weighted by Crippen LogP contribution is 2.72. The summed E-state index contributed by atoms with van der Waals surface area (Å²) < 4.78 is 30.3. The molecule has 3 heterocycles. The van der Waals surface area contributed by atoms with Crippen molar-refractivity contribution in [3.8, 4) is 0 Å². The first-order valence-electron chi connectivity index (χ1n) is 12.7. The van der Waals surface area contributed by atoms with Gasteiger partial charge >= 0.3 is 17.9 Å². The minimum absolute atomic E-state index is 0.0992. The Kier molecular flexibility index (Phi) is 6.37. The van der Waals surface area contributed by atoms with Crippen LogP contribution in [0.15, 0.2) is 36.0 Å². The first kappa shape index (κ1) is 25.2. The van der Waals surface area contributed by atoms with Crippen LogP contribution in [0.5, 0.6) is 0 Å². The summed E-state index contributed by atoms with van der Waals surface area (Å²) in [6.07, 6.45) is 8.04. The zero-order valence-corrected chi connectivity index (χ0v) is 20.9. The topological polar surface area (TPSA) is 121 Å². The second kappa shape index (κ2) is 9.11. The summed E-state index contributed by atoms with van der Waals surface area (Å²) in [5.41, 5.74) is -0.699. The van der Waals surface area contributed by atoms with Gasteiger partial charge < -0.3 is 28.8 Å². The Bertz CT molecular complexity index is 1020. The molecular weight excluding hydrogens is 468 g/mol. The smallest absolute Gasteiger partial charge is 0.335 e. The highest BCUT2D eigenvalue weighted by atomic mass is 16.6. The predicted octanol–water partition coefficient (Wildman–Crippen LogP) is 2.74. The standard InChI is InChI=1S/C27H34O9/c1-16-8-10-26(14-33-24(31)23-17(2)9-11-32-23)19(12-16)35-20-13-18(25(26,3)27(20)15-34-27)36-22(30)7-5-4-6-21(28)29/h4-7,12,17-20,23H,8-11,13-15H2,1-3H3,(H,28,29). The van der Waals surface area contributed by atoms with Gasteiger partial charge in [0.25, 0.3) is 0 Å². The van der Waals surface area contributed by atoms with Crippen molar-refractivity contribution in [3.05, 3.63) is 36.0 Å². The largest absolute Gasteiger partial charge is 0.478 e. The van der Waals surface area contributed by atoms with Crippen LogP contribution < -0.4 is 0 Å². The highest BCUT2D eigenvalue weighted by Gasteiger charge is 2.83. The van der Waals surface area contributed by atoms with E-state index in [4.69, 9.17) is 28.8 Å². The fourth-order valence-corrected chi connectivity index (χ4v) is 6.86. The van der Waals surface area contributed by atoms with Crippen molar-refractivity contribution in [2.24, 2.45) is 16.7 Å². The quantitative estimate of drug-likeness (QED) is 0.184. The number of carboxylic acids is 1. The van der Waals surface area contributed by atoms with Crippen LogP contribution in [0.2, 0.25) is 0 Å². The van der Waals surface area contributed by atoms with Gasteiger partial charge in [-0.1, -0.05) is 37.6 Å². The molecule has 5 aliphatic rings. The number of carbonyl (C=O) groups excluding carboxylic acids is 2. The number of epoxide rings is 1. The lowest BCUT2D eigenvalue weighted by Gasteiger charge is -2.58. The third kappa shape index (κ3) is 3.83. The molecule has 2 aliphatic carbocycles. The van der Waals surface area contributed by atoms with Crippen molar-refractivity contribution in [2.75, 3.05) is 19.8 Å². The summed E-state index contributed by atoms with van der Waals surface area (Å²) in [6.45, 7) is 7.30. The van der Waals surface area contributed by atoms with Gasteiger partial charge in [-0.3, -0.25) is 0 Å². The third-order valence-corrected chi connectivity index (χ3v) is 9.15. The lowest BCUT2D eigenvalue weighted by molar-refractivity contribution is -0.234. The van der Waals surface area contributed by atoms with Crippen molar-refractivity contribution in [2.45, 2.75) is 76.5 Å². The molecule has 9 nitrogen and oxygen atoms in total.